The van der Waals surface area contributed by atoms with E-state index < -0.39 is 0 Å². The van der Waals surface area contributed by atoms with Crippen molar-refractivity contribution in [3.63, 3.8) is 0 Å². The standard InChI is InChI=1S/C14H18N4O2/c1-3-20-14-7-13(17-9(2)18-14)16-8-10-6-11(15)4-5-12(10)19/h4-7,19H,3,8,15H2,1-2H3,(H,16,17,18). The number of nitrogens with one attached hydrogen (secondary N) is 1. The summed E-state index contributed by atoms with van der Waals surface area (Å²) >= 11 is 0. The van der Waals surface area contributed by atoms with Gasteiger partial charge in [0, 0.05) is 23.9 Å². The number of hydrogen-bond donors (Lipinski definition) is 3. The fourth-order valence-electron chi connectivity index (χ4n) is 1.79. The van der Waals surface area contributed by atoms with Crippen molar-refractivity contribution in [2.75, 3.05) is 17.7 Å². The number of nitrogen functional groups attached to an aromatic ring is 1. The summed E-state index contributed by atoms with van der Waals surface area (Å²) in [6.45, 7) is 4.66. The summed E-state index contributed by atoms with van der Waals surface area (Å²) in [5, 5.41) is 12.9. The third kappa shape index (κ3) is 3.50. The number of rotatable bonds is 5. The highest BCUT2D eigenvalue weighted by Gasteiger charge is 2.05. The molecule has 1 aromatic heterocycles. The number of phenols is 1. The molecule has 6 heteroatoms. The Morgan fingerprint density at radius 1 is 1.30 bits per heavy atom. The molecule has 0 unspecified atom stereocenters. The van der Waals surface area contributed by atoms with Crippen LogP contribution in [0.25, 0.3) is 0 Å². The molecule has 0 saturated carbocycles. The molecule has 0 saturated heterocycles. The maximum atomic E-state index is 9.75. The number of benzene rings is 1. The van der Waals surface area contributed by atoms with Crippen molar-refractivity contribution < 1.29 is 9.84 Å². The number of hydrogen-bond acceptors (Lipinski definition) is 6. The van der Waals surface area contributed by atoms with Crippen LogP contribution in [-0.4, -0.2) is 21.7 Å². The highest BCUT2D eigenvalue weighted by molar-refractivity contribution is 5.49. The van der Waals surface area contributed by atoms with Crippen LogP contribution in [-0.2, 0) is 6.54 Å². The Balaban J connectivity index is 2.12. The predicted molar refractivity (Wildman–Crippen MR) is 77.8 cm³/mol. The molecule has 0 aliphatic carbocycles. The number of aromatic hydroxyl groups is 1. The molecule has 0 atom stereocenters. The van der Waals surface area contributed by atoms with Crippen LogP contribution < -0.4 is 15.8 Å². The van der Waals surface area contributed by atoms with Crippen LogP contribution in [0.4, 0.5) is 11.5 Å². The summed E-state index contributed by atoms with van der Waals surface area (Å²) in [6.07, 6.45) is 0. The van der Waals surface area contributed by atoms with E-state index in [9.17, 15) is 5.11 Å². The molecule has 0 spiro atoms. The Hall–Kier alpha value is -2.50. The van der Waals surface area contributed by atoms with E-state index in [1.165, 1.54) is 0 Å². The largest absolute Gasteiger partial charge is 0.508 e. The normalized spacial score (nSPS) is 10.3. The highest BCUT2D eigenvalue weighted by Crippen LogP contribution is 2.21. The van der Waals surface area contributed by atoms with E-state index >= 15 is 0 Å². The zero-order valence-corrected chi connectivity index (χ0v) is 11.6. The fraction of sp³-hybridized carbons (Fsp3) is 0.286. The van der Waals surface area contributed by atoms with Crippen LogP contribution in [0.2, 0.25) is 0 Å². The van der Waals surface area contributed by atoms with Gasteiger partial charge in [-0.05, 0) is 32.0 Å². The van der Waals surface area contributed by atoms with Crippen molar-refractivity contribution in [3.8, 4) is 11.6 Å². The third-order valence-electron chi connectivity index (χ3n) is 2.67. The van der Waals surface area contributed by atoms with Crippen molar-refractivity contribution in [1.29, 1.82) is 0 Å². The Morgan fingerprint density at radius 3 is 2.85 bits per heavy atom. The molecule has 4 N–H and O–H groups in total. The van der Waals surface area contributed by atoms with E-state index in [2.05, 4.69) is 15.3 Å². The molecule has 0 fully saturated rings. The summed E-state index contributed by atoms with van der Waals surface area (Å²) in [5.74, 6) is 1.99. The molecule has 1 aromatic carbocycles. The van der Waals surface area contributed by atoms with Gasteiger partial charge in [0.25, 0.3) is 0 Å². The van der Waals surface area contributed by atoms with Gasteiger partial charge in [0.1, 0.15) is 17.4 Å². The molecule has 20 heavy (non-hydrogen) atoms. The Kier molecular flexibility index (Phi) is 4.24. The fourth-order valence-corrected chi connectivity index (χ4v) is 1.79. The summed E-state index contributed by atoms with van der Waals surface area (Å²) in [4.78, 5) is 8.44. The minimum Gasteiger partial charge on any atom is -0.508 e. The number of nitrogens with two attached hydrogens (primary N) is 1. The predicted octanol–water partition coefficient (Wildman–Crippen LogP) is 2.08. The van der Waals surface area contributed by atoms with Crippen molar-refractivity contribution in [3.05, 3.63) is 35.7 Å². The van der Waals surface area contributed by atoms with Gasteiger partial charge in [-0.1, -0.05) is 0 Å². The average Bonchev–Trinajstić information content (AvgIpc) is 2.40. The quantitative estimate of drug-likeness (QED) is 0.571. The number of phenolic OH excluding ortho intramolecular Hbond substituents is 1. The number of nitrogens with zero attached hydrogens (tertiary/aromatic N) is 2. The van der Waals surface area contributed by atoms with Gasteiger partial charge in [0.2, 0.25) is 5.88 Å². The van der Waals surface area contributed by atoms with Crippen molar-refractivity contribution >= 4 is 11.5 Å². The van der Waals surface area contributed by atoms with Gasteiger partial charge in [-0.25, -0.2) is 4.98 Å². The van der Waals surface area contributed by atoms with E-state index in [1.54, 1.807) is 31.2 Å². The number of aromatic nitrogens is 2. The zero-order valence-electron chi connectivity index (χ0n) is 11.6. The number of anilines is 2. The van der Waals surface area contributed by atoms with E-state index in [4.69, 9.17) is 10.5 Å². The molecule has 0 aliphatic heterocycles. The van der Waals surface area contributed by atoms with Gasteiger partial charge < -0.3 is 20.9 Å². The molecule has 6 nitrogen and oxygen atoms in total. The van der Waals surface area contributed by atoms with Gasteiger partial charge in [-0.2, -0.15) is 4.98 Å². The van der Waals surface area contributed by atoms with Crippen LogP contribution >= 0.6 is 0 Å². The summed E-state index contributed by atoms with van der Waals surface area (Å²) in [6, 6.07) is 6.67. The van der Waals surface area contributed by atoms with Gasteiger partial charge in [-0.15, -0.1) is 0 Å². The Morgan fingerprint density at radius 2 is 2.10 bits per heavy atom. The average molecular weight is 274 g/mol. The summed E-state index contributed by atoms with van der Waals surface area (Å²) in [5.41, 5.74) is 7.01. The molecule has 2 rings (SSSR count). The lowest BCUT2D eigenvalue weighted by Gasteiger charge is -2.10. The van der Waals surface area contributed by atoms with Crippen LogP contribution in [0.1, 0.15) is 18.3 Å². The topological polar surface area (TPSA) is 93.3 Å². The van der Waals surface area contributed by atoms with Crippen LogP contribution in [0, 0.1) is 6.92 Å². The van der Waals surface area contributed by atoms with Gasteiger partial charge in [0.15, 0.2) is 0 Å². The minimum atomic E-state index is 0.197. The van der Waals surface area contributed by atoms with Gasteiger partial charge >= 0.3 is 0 Å². The monoisotopic (exact) mass is 274 g/mol. The SMILES string of the molecule is CCOc1cc(NCc2cc(N)ccc2O)nc(C)n1. The smallest absolute Gasteiger partial charge is 0.218 e. The lowest BCUT2D eigenvalue weighted by Crippen LogP contribution is -2.05. The molecule has 0 radical (unpaired) electrons. The molecular formula is C14H18N4O2. The first-order valence-electron chi connectivity index (χ1n) is 6.38. The Labute approximate surface area is 117 Å². The second-order valence-corrected chi connectivity index (χ2v) is 4.31. The molecule has 0 bridgehead atoms. The highest BCUT2D eigenvalue weighted by atomic mass is 16.5. The maximum Gasteiger partial charge on any atom is 0.218 e. The minimum absolute atomic E-state index is 0.197. The number of ether oxygens (including phenoxy) is 1. The van der Waals surface area contributed by atoms with Crippen molar-refractivity contribution in [2.24, 2.45) is 0 Å². The summed E-state index contributed by atoms with van der Waals surface area (Å²) < 4.78 is 5.36. The number of aryl methyl sites for hydroxylation is 1. The van der Waals surface area contributed by atoms with Crippen molar-refractivity contribution in [1.82, 2.24) is 9.97 Å². The van der Waals surface area contributed by atoms with E-state index in [-0.39, 0.29) is 5.75 Å². The molecule has 0 aliphatic rings. The van der Waals surface area contributed by atoms with E-state index in [1.807, 2.05) is 6.92 Å². The first-order chi connectivity index (χ1) is 9.58. The molecule has 2 aromatic rings. The second-order valence-electron chi connectivity index (χ2n) is 4.31. The lowest BCUT2D eigenvalue weighted by atomic mass is 10.2. The molecule has 1 heterocycles. The van der Waals surface area contributed by atoms with E-state index in [0.717, 1.165) is 0 Å². The van der Waals surface area contributed by atoms with Gasteiger partial charge in [-0.3, -0.25) is 0 Å². The first-order valence-corrected chi connectivity index (χ1v) is 6.38. The molecule has 0 amide bonds. The Bertz CT molecular complexity index is 602. The van der Waals surface area contributed by atoms with Crippen LogP contribution in [0.5, 0.6) is 11.6 Å². The van der Waals surface area contributed by atoms with Crippen LogP contribution in [0.3, 0.4) is 0 Å². The summed E-state index contributed by atoms with van der Waals surface area (Å²) in [7, 11) is 0. The second kappa shape index (κ2) is 6.10. The molecular weight excluding hydrogens is 256 g/mol. The first kappa shape index (κ1) is 13.9. The zero-order chi connectivity index (χ0) is 14.5. The van der Waals surface area contributed by atoms with Crippen molar-refractivity contribution in [2.45, 2.75) is 20.4 Å². The lowest BCUT2D eigenvalue weighted by molar-refractivity contribution is 0.325. The maximum absolute atomic E-state index is 9.75. The van der Waals surface area contributed by atoms with E-state index in [0.29, 0.717) is 41.9 Å². The van der Waals surface area contributed by atoms with Gasteiger partial charge in [0.05, 0.1) is 6.61 Å². The molecule has 106 valence electrons. The van der Waals surface area contributed by atoms with Crippen LogP contribution in [0.15, 0.2) is 24.3 Å². The third-order valence-corrected chi connectivity index (χ3v) is 2.67.